The quantitative estimate of drug-likeness (QED) is 0.743. The van der Waals surface area contributed by atoms with Crippen molar-refractivity contribution in [2.45, 2.75) is 52.1 Å². The second kappa shape index (κ2) is 8.70. The summed E-state index contributed by atoms with van der Waals surface area (Å²) in [7, 11) is 0. The predicted molar refractivity (Wildman–Crippen MR) is 76.4 cm³/mol. The molecule has 0 bridgehead atoms. The van der Waals surface area contributed by atoms with Crippen LogP contribution in [-0.4, -0.2) is 23.8 Å². The van der Waals surface area contributed by atoms with Crippen LogP contribution in [0.3, 0.4) is 0 Å². The molecule has 0 unspecified atom stereocenters. The Morgan fingerprint density at radius 1 is 1.16 bits per heavy atom. The minimum atomic E-state index is -0.886. The number of carboxylic acids is 1. The Balaban J connectivity index is 2.56. The number of aryl methyl sites for hydroxylation is 1. The van der Waals surface area contributed by atoms with Gasteiger partial charge in [0, 0.05) is 13.0 Å². The first-order valence-electron chi connectivity index (χ1n) is 7.09. The molecule has 0 aliphatic carbocycles. The van der Waals surface area contributed by atoms with Crippen molar-refractivity contribution in [3.05, 3.63) is 35.4 Å². The van der Waals surface area contributed by atoms with Gasteiger partial charge in [0.1, 0.15) is 0 Å². The van der Waals surface area contributed by atoms with E-state index in [1.165, 1.54) is 18.4 Å². The summed E-state index contributed by atoms with van der Waals surface area (Å²) < 4.78 is 5.35. The summed E-state index contributed by atoms with van der Waals surface area (Å²) in [5.41, 5.74) is 2.33. The monoisotopic (exact) mass is 264 g/mol. The van der Waals surface area contributed by atoms with Crippen molar-refractivity contribution in [1.82, 2.24) is 0 Å². The molecule has 0 amide bonds. The van der Waals surface area contributed by atoms with Crippen molar-refractivity contribution in [2.24, 2.45) is 0 Å². The van der Waals surface area contributed by atoms with Gasteiger partial charge in [-0.25, -0.2) is 4.79 Å². The van der Waals surface area contributed by atoms with E-state index in [1.54, 1.807) is 0 Å². The fraction of sp³-hybridized carbons (Fsp3) is 0.562. The van der Waals surface area contributed by atoms with Crippen LogP contribution in [0, 0.1) is 0 Å². The Morgan fingerprint density at radius 3 is 2.32 bits per heavy atom. The van der Waals surface area contributed by atoms with Crippen LogP contribution in [0.15, 0.2) is 24.3 Å². The molecule has 0 saturated heterocycles. The fourth-order valence-corrected chi connectivity index (χ4v) is 1.91. The highest BCUT2D eigenvalue weighted by Gasteiger charge is 2.18. The predicted octanol–water partition coefficient (Wildman–Crippen LogP) is 3.45. The van der Waals surface area contributed by atoms with Gasteiger partial charge < -0.3 is 9.84 Å². The smallest absolute Gasteiger partial charge is 0.333 e. The number of carboxylic acid groups (broad SMARTS) is 1. The van der Waals surface area contributed by atoms with Crippen LogP contribution in [0.25, 0.3) is 0 Å². The van der Waals surface area contributed by atoms with Crippen LogP contribution < -0.4 is 0 Å². The second-order valence-corrected chi connectivity index (χ2v) is 4.82. The lowest BCUT2D eigenvalue weighted by Crippen LogP contribution is -2.26. The van der Waals surface area contributed by atoms with Crippen molar-refractivity contribution >= 4 is 5.97 Å². The molecule has 1 aromatic carbocycles. The molecular formula is C16H24O3. The van der Waals surface area contributed by atoms with Crippen LogP contribution >= 0.6 is 0 Å². The number of aliphatic carboxylic acids is 1. The molecule has 106 valence electrons. The largest absolute Gasteiger partial charge is 0.479 e. The highest BCUT2D eigenvalue weighted by molar-refractivity contribution is 5.72. The maximum Gasteiger partial charge on any atom is 0.333 e. The first-order chi connectivity index (χ1) is 9.17. The van der Waals surface area contributed by atoms with Gasteiger partial charge in [0.05, 0.1) is 0 Å². The Morgan fingerprint density at radius 2 is 1.79 bits per heavy atom. The Bertz CT molecular complexity index is 370. The standard InChI is InChI=1S/C16H24O3/c1-3-5-6-13-7-9-14(10-8-13)12-15(16(17)18)19-11-4-2/h7-10,15H,3-6,11-12H2,1-2H3,(H,17,18)/t15-/m0/s1. The zero-order valence-corrected chi connectivity index (χ0v) is 11.9. The highest BCUT2D eigenvalue weighted by atomic mass is 16.5. The lowest BCUT2D eigenvalue weighted by atomic mass is 10.0. The van der Waals surface area contributed by atoms with Crippen LogP contribution in [0.4, 0.5) is 0 Å². The molecule has 1 aromatic rings. The summed E-state index contributed by atoms with van der Waals surface area (Å²) in [5.74, 6) is -0.886. The van der Waals surface area contributed by atoms with Gasteiger partial charge in [-0.05, 0) is 30.4 Å². The summed E-state index contributed by atoms with van der Waals surface area (Å²) >= 11 is 0. The molecule has 3 nitrogen and oxygen atoms in total. The molecule has 0 saturated carbocycles. The molecule has 0 radical (unpaired) electrons. The minimum absolute atomic E-state index is 0.434. The topological polar surface area (TPSA) is 46.5 Å². The number of hydrogen-bond donors (Lipinski definition) is 1. The fourth-order valence-electron chi connectivity index (χ4n) is 1.91. The zero-order chi connectivity index (χ0) is 14.1. The highest BCUT2D eigenvalue weighted by Crippen LogP contribution is 2.11. The van der Waals surface area contributed by atoms with Gasteiger partial charge in [-0.15, -0.1) is 0 Å². The van der Waals surface area contributed by atoms with E-state index in [4.69, 9.17) is 9.84 Å². The van der Waals surface area contributed by atoms with E-state index in [0.29, 0.717) is 13.0 Å². The third-order valence-corrected chi connectivity index (χ3v) is 3.06. The zero-order valence-electron chi connectivity index (χ0n) is 11.9. The molecule has 3 heteroatoms. The summed E-state index contributed by atoms with van der Waals surface area (Å²) in [5, 5.41) is 9.11. The van der Waals surface area contributed by atoms with Gasteiger partial charge in [0.2, 0.25) is 0 Å². The first kappa shape index (κ1) is 15.7. The van der Waals surface area contributed by atoms with Crippen molar-refractivity contribution in [3.63, 3.8) is 0 Å². The molecule has 0 spiro atoms. The molecule has 1 N–H and O–H groups in total. The van der Waals surface area contributed by atoms with Crippen molar-refractivity contribution < 1.29 is 14.6 Å². The van der Waals surface area contributed by atoms with Gasteiger partial charge in [-0.3, -0.25) is 0 Å². The number of benzene rings is 1. The van der Waals surface area contributed by atoms with Crippen LogP contribution in [0.1, 0.15) is 44.2 Å². The summed E-state index contributed by atoms with van der Waals surface area (Å²) in [6, 6.07) is 8.19. The van der Waals surface area contributed by atoms with Crippen molar-refractivity contribution in [1.29, 1.82) is 0 Å². The van der Waals surface area contributed by atoms with E-state index >= 15 is 0 Å². The molecule has 1 rings (SSSR count). The third kappa shape index (κ3) is 5.88. The molecule has 0 aliphatic heterocycles. The number of rotatable bonds is 9. The van der Waals surface area contributed by atoms with Gasteiger partial charge in [0.15, 0.2) is 6.10 Å². The molecule has 0 heterocycles. The summed E-state index contributed by atoms with van der Waals surface area (Å²) in [6.07, 6.45) is 4.00. The molecule has 19 heavy (non-hydrogen) atoms. The molecule has 0 aliphatic rings. The average molecular weight is 264 g/mol. The van der Waals surface area contributed by atoms with E-state index < -0.39 is 12.1 Å². The first-order valence-corrected chi connectivity index (χ1v) is 7.09. The molecule has 0 fully saturated rings. The third-order valence-electron chi connectivity index (χ3n) is 3.06. The number of hydrogen-bond acceptors (Lipinski definition) is 2. The Kier molecular flexibility index (Phi) is 7.19. The van der Waals surface area contributed by atoms with Crippen LogP contribution in [-0.2, 0) is 22.4 Å². The lowest BCUT2D eigenvalue weighted by molar-refractivity contribution is -0.150. The average Bonchev–Trinajstić information content (AvgIpc) is 2.42. The van der Waals surface area contributed by atoms with E-state index in [1.807, 2.05) is 19.1 Å². The molecule has 0 aromatic heterocycles. The van der Waals surface area contributed by atoms with Crippen LogP contribution in [0.2, 0.25) is 0 Å². The van der Waals surface area contributed by atoms with Gasteiger partial charge in [0.25, 0.3) is 0 Å². The Labute approximate surface area is 115 Å². The van der Waals surface area contributed by atoms with E-state index in [9.17, 15) is 4.79 Å². The SMILES string of the molecule is CCCCc1ccc(C[C@H](OCCC)C(=O)O)cc1. The second-order valence-electron chi connectivity index (χ2n) is 4.82. The van der Waals surface area contributed by atoms with Crippen molar-refractivity contribution in [3.8, 4) is 0 Å². The van der Waals surface area contributed by atoms with Crippen LogP contribution in [0.5, 0.6) is 0 Å². The summed E-state index contributed by atoms with van der Waals surface area (Å²) in [4.78, 5) is 11.1. The lowest BCUT2D eigenvalue weighted by Gasteiger charge is -2.13. The Hall–Kier alpha value is -1.35. The number of carbonyl (C=O) groups is 1. The number of unbranched alkanes of at least 4 members (excludes halogenated alkanes) is 1. The molecule has 1 atom stereocenters. The van der Waals surface area contributed by atoms with Gasteiger partial charge >= 0.3 is 5.97 Å². The maximum atomic E-state index is 11.1. The molecular weight excluding hydrogens is 240 g/mol. The van der Waals surface area contributed by atoms with E-state index in [0.717, 1.165) is 18.4 Å². The van der Waals surface area contributed by atoms with E-state index in [2.05, 4.69) is 19.1 Å². The van der Waals surface area contributed by atoms with Gasteiger partial charge in [-0.2, -0.15) is 0 Å². The summed E-state index contributed by atoms with van der Waals surface area (Å²) in [6.45, 7) is 4.64. The van der Waals surface area contributed by atoms with E-state index in [-0.39, 0.29) is 0 Å². The minimum Gasteiger partial charge on any atom is -0.479 e. The number of ether oxygens (including phenoxy) is 1. The van der Waals surface area contributed by atoms with Gasteiger partial charge in [-0.1, -0.05) is 44.5 Å². The normalized spacial score (nSPS) is 12.3. The maximum absolute atomic E-state index is 11.1. The van der Waals surface area contributed by atoms with Crippen molar-refractivity contribution in [2.75, 3.05) is 6.61 Å².